The molecule has 0 saturated carbocycles. The van der Waals surface area contributed by atoms with Crippen molar-refractivity contribution in [3.8, 4) is 11.3 Å². The topological polar surface area (TPSA) is 37.8 Å². The van der Waals surface area contributed by atoms with Crippen LogP contribution in [0.4, 0.5) is 5.82 Å². The summed E-state index contributed by atoms with van der Waals surface area (Å²) in [5, 5.41) is 11.8. The van der Waals surface area contributed by atoms with Crippen molar-refractivity contribution in [1.29, 1.82) is 0 Å². The number of rotatable bonds is 3. The third-order valence-corrected chi connectivity index (χ3v) is 3.50. The molecule has 0 fully saturated rings. The molecule has 0 saturated heterocycles. The molecule has 1 aliphatic rings. The summed E-state index contributed by atoms with van der Waals surface area (Å²) in [7, 11) is 0. The lowest BCUT2D eigenvalue weighted by atomic mass is 10.0. The Morgan fingerprint density at radius 3 is 2.58 bits per heavy atom. The highest BCUT2D eigenvalue weighted by molar-refractivity contribution is 5.62. The van der Waals surface area contributed by atoms with Gasteiger partial charge in [0.15, 0.2) is 0 Å². The number of benzene rings is 1. The Balaban J connectivity index is 1.86. The van der Waals surface area contributed by atoms with Crippen LogP contribution in [0.25, 0.3) is 11.3 Å². The maximum Gasteiger partial charge on any atom is 0.148 e. The monoisotopic (exact) mass is 253 g/mol. The third kappa shape index (κ3) is 2.60. The number of aromatic nitrogens is 2. The van der Waals surface area contributed by atoms with Crippen LogP contribution in [0, 0.1) is 0 Å². The number of hydrogen-bond donors (Lipinski definition) is 1. The highest BCUT2D eigenvalue weighted by atomic mass is 15.2. The Morgan fingerprint density at radius 1 is 1.00 bits per heavy atom. The van der Waals surface area contributed by atoms with Crippen molar-refractivity contribution in [2.24, 2.45) is 0 Å². The molecule has 0 bridgehead atoms. The van der Waals surface area contributed by atoms with Gasteiger partial charge in [0.1, 0.15) is 5.82 Å². The molecule has 0 amide bonds. The van der Waals surface area contributed by atoms with Crippen LogP contribution >= 0.6 is 0 Å². The van der Waals surface area contributed by atoms with Crippen LogP contribution in [0.2, 0.25) is 0 Å². The second kappa shape index (κ2) is 5.00. The number of hydrogen-bond acceptors (Lipinski definition) is 3. The lowest BCUT2D eigenvalue weighted by molar-refractivity contribution is 0.874. The summed E-state index contributed by atoms with van der Waals surface area (Å²) < 4.78 is 0. The smallest absolute Gasteiger partial charge is 0.148 e. The molecule has 2 aromatic rings. The first-order valence-electron chi connectivity index (χ1n) is 6.95. The number of nitrogens with one attached hydrogen (secondary N) is 1. The van der Waals surface area contributed by atoms with Crippen molar-refractivity contribution in [1.82, 2.24) is 10.2 Å². The van der Waals surface area contributed by atoms with Gasteiger partial charge in [-0.15, -0.1) is 10.2 Å². The normalized spacial score (nSPS) is 13.6. The van der Waals surface area contributed by atoms with E-state index < -0.39 is 0 Å². The Morgan fingerprint density at radius 2 is 1.84 bits per heavy atom. The van der Waals surface area contributed by atoms with E-state index in [9.17, 15) is 0 Å². The van der Waals surface area contributed by atoms with Crippen molar-refractivity contribution >= 4 is 5.82 Å². The molecule has 1 aromatic heterocycles. The summed E-state index contributed by atoms with van der Waals surface area (Å²) >= 11 is 0. The number of aryl methyl sites for hydroxylation is 2. The fraction of sp³-hybridized carbons (Fsp3) is 0.375. The molecular weight excluding hydrogens is 234 g/mol. The molecule has 3 heteroatoms. The maximum atomic E-state index is 4.31. The molecule has 0 aliphatic heterocycles. The second-order valence-electron chi connectivity index (χ2n) is 5.44. The zero-order valence-electron chi connectivity index (χ0n) is 11.5. The summed E-state index contributed by atoms with van der Waals surface area (Å²) in [5.41, 5.74) is 5.09. The minimum absolute atomic E-state index is 0.375. The van der Waals surface area contributed by atoms with E-state index >= 15 is 0 Å². The van der Waals surface area contributed by atoms with Crippen LogP contribution in [0.15, 0.2) is 30.3 Å². The molecule has 1 heterocycles. The number of anilines is 1. The van der Waals surface area contributed by atoms with E-state index in [0.717, 1.165) is 11.5 Å². The summed E-state index contributed by atoms with van der Waals surface area (Å²) in [4.78, 5) is 0. The second-order valence-corrected chi connectivity index (χ2v) is 5.44. The first kappa shape index (κ1) is 12.2. The molecule has 0 atom stereocenters. The first-order valence-corrected chi connectivity index (χ1v) is 6.95. The van der Waals surface area contributed by atoms with Gasteiger partial charge in [0.25, 0.3) is 0 Å². The van der Waals surface area contributed by atoms with E-state index in [-0.39, 0.29) is 0 Å². The fourth-order valence-electron chi connectivity index (χ4n) is 2.59. The van der Waals surface area contributed by atoms with Crippen molar-refractivity contribution in [2.75, 3.05) is 5.32 Å². The lowest BCUT2D eigenvalue weighted by Gasteiger charge is -2.09. The van der Waals surface area contributed by atoms with Gasteiger partial charge >= 0.3 is 0 Å². The molecule has 0 radical (unpaired) electrons. The van der Waals surface area contributed by atoms with Gasteiger partial charge in [0.2, 0.25) is 0 Å². The van der Waals surface area contributed by atoms with E-state index in [1.54, 1.807) is 0 Å². The van der Waals surface area contributed by atoms with E-state index in [1.165, 1.54) is 36.0 Å². The predicted octanol–water partition coefficient (Wildman–Crippen LogP) is 3.45. The van der Waals surface area contributed by atoms with Gasteiger partial charge < -0.3 is 5.32 Å². The standard InChI is InChI=1S/C16H19N3/c1-11(2)17-16-9-8-15(18-19-16)14-7-6-12-4-3-5-13(12)10-14/h6-11H,3-5H2,1-2H3,(H,17,19). The van der Waals surface area contributed by atoms with Crippen molar-refractivity contribution in [2.45, 2.75) is 39.2 Å². The molecule has 1 aromatic carbocycles. The first-order chi connectivity index (χ1) is 9.22. The molecule has 98 valence electrons. The highest BCUT2D eigenvalue weighted by Crippen LogP contribution is 2.27. The molecule has 3 nitrogen and oxygen atoms in total. The molecule has 19 heavy (non-hydrogen) atoms. The summed E-state index contributed by atoms with van der Waals surface area (Å²) in [5.74, 6) is 0.833. The molecule has 0 unspecified atom stereocenters. The van der Waals surface area contributed by atoms with Gasteiger partial charge in [-0.1, -0.05) is 12.1 Å². The molecule has 0 spiro atoms. The van der Waals surface area contributed by atoms with Gasteiger partial charge in [-0.2, -0.15) is 0 Å². The van der Waals surface area contributed by atoms with Crippen molar-refractivity contribution in [3.63, 3.8) is 0 Å². The van der Waals surface area contributed by atoms with Crippen LogP contribution in [0.3, 0.4) is 0 Å². The van der Waals surface area contributed by atoms with Crippen LogP contribution < -0.4 is 5.32 Å². The van der Waals surface area contributed by atoms with E-state index in [0.29, 0.717) is 6.04 Å². The van der Waals surface area contributed by atoms with Crippen LogP contribution in [0.1, 0.15) is 31.4 Å². The fourth-order valence-corrected chi connectivity index (χ4v) is 2.59. The quantitative estimate of drug-likeness (QED) is 0.910. The number of fused-ring (bicyclic) bond motifs is 1. The van der Waals surface area contributed by atoms with Gasteiger partial charge in [0, 0.05) is 11.6 Å². The predicted molar refractivity (Wildman–Crippen MR) is 78.3 cm³/mol. The van der Waals surface area contributed by atoms with E-state index in [1.807, 2.05) is 12.1 Å². The highest BCUT2D eigenvalue weighted by Gasteiger charge is 2.12. The van der Waals surface area contributed by atoms with Crippen molar-refractivity contribution in [3.05, 3.63) is 41.5 Å². The minimum Gasteiger partial charge on any atom is -0.366 e. The van der Waals surface area contributed by atoms with Crippen molar-refractivity contribution < 1.29 is 0 Å². The van der Waals surface area contributed by atoms with Crippen LogP contribution in [0.5, 0.6) is 0 Å². The van der Waals surface area contributed by atoms with Crippen LogP contribution in [-0.4, -0.2) is 16.2 Å². The van der Waals surface area contributed by atoms with Crippen LogP contribution in [-0.2, 0) is 12.8 Å². The molecular formula is C16H19N3. The van der Waals surface area contributed by atoms with E-state index in [2.05, 4.69) is 47.6 Å². The summed E-state index contributed by atoms with van der Waals surface area (Å²) in [6.07, 6.45) is 3.70. The maximum absolute atomic E-state index is 4.31. The molecule has 3 rings (SSSR count). The van der Waals surface area contributed by atoms with Gasteiger partial charge in [0.05, 0.1) is 5.69 Å². The SMILES string of the molecule is CC(C)Nc1ccc(-c2ccc3c(c2)CCC3)nn1. The minimum atomic E-state index is 0.375. The summed E-state index contributed by atoms with van der Waals surface area (Å²) in [6, 6.07) is 11.1. The van der Waals surface area contributed by atoms with Gasteiger partial charge in [-0.3, -0.25) is 0 Å². The zero-order chi connectivity index (χ0) is 13.2. The summed E-state index contributed by atoms with van der Waals surface area (Å²) in [6.45, 7) is 4.19. The Labute approximate surface area is 114 Å². The average molecular weight is 253 g/mol. The molecule has 1 aliphatic carbocycles. The molecule has 1 N–H and O–H groups in total. The Kier molecular flexibility index (Phi) is 3.20. The zero-order valence-corrected chi connectivity index (χ0v) is 11.5. The van der Waals surface area contributed by atoms with Gasteiger partial charge in [-0.25, -0.2) is 0 Å². The van der Waals surface area contributed by atoms with Gasteiger partial charge in [-0.05, 0) is 62.4 Å². The average Bonchev–Trinajstić information content (AvgIpc) is 2.86. The van der Waals surface area contributed by atoms with E-state index in [4.69, 9.17) is 0 Å². The largest absolute Gasteiger partial charge is 0.366 e. The lowest BCUT2D eigenvalue weighted by Crippen LogP contribution is -2.11. The number of nitrogens with zero attached hydrogens (tertiary/aromatic N) is 2. The Bertz CT molecular complexity index is 573. The Hall–Kier alpha value is -1.90. The third-order valence-electron chi connectivity index (χ3n) is 3.50.